The number of carbonyl (C=O) groups excluding carboxylic acids is 2. The maximum atomic E-state index is 11.9. The van der Waals surface area contributed by atoms with Crippen LogP contribution < -0.4 is 0 Å². The highest BCUT2D eigenvalue weighted by molar-refractivity contribution is 5.97. The van der Waals surface area contributed by atoms with Gasteiger partial charge in [-0.05, 0) is 37.7 Å². The van der Waals surface area contributed by atoms with E-state index < -0.39 is 11.9 Å². The van der Waals surface area contributed by atoms with Gasteiger partial charge in [-0.15, -0.1) is 0 Å². The van der Waals surface area contributed by atoms with Crippen molar-refractivity contribution in [2.75, 3.05) is 6.61 Å². The largest absolute Gasteiger partial charge is 0.465 e. The number of ether oxygens (including phenoxy) is 2. The van der Waals surface area contributed by atoms with Crippen molar-refractivity contribution < 1.29 is 19.1 Å². The first-order valence-electron chi connectivity index (χ1n) is 8.58. The van der Waals surface area contributed by atoms with E-state index in [4.69, 9.17) is 9.47 Å². The summed E-state index contributed by atoms with van der Waals surface area (Å²) >= 11 is 0. The summed E-state index contributed by atoms with van der Waals surface area (Å²) in [7, 11) is 0. The molecule has 4 nitrogen and oxygen atoms in total. The molecule has 0 aromatic heterocycles. The number of hydrogen-bond donors (Lipinski definition) is 0. The van der Waals surface area contributed by atoms with Crippen LogP contribution in [0.4, 0.5) is 0 Å². The van der Waals surface area contributed by atoms with Crippen molar-refractivity contribution in [2.45, 2.75) is 60.2 Å². The SMILES string of the molecule is CCOC(=O)C(CCC(OCc1ccccc1)C(C)(C)C)C(C)=O. The molecule has 0 N–H and O–H groups in total. The molecule has 0 aliphatic carbocycles. The summed E-state index contributed by atoms with van der Waals surface area (Å²) in [5.41, 5.74) is 1.03. The molecule has 0 saturated carbocycles. The highest BCUT2D eigenvalue weighted by Crippen LogP contribution is 2.28. The van der Waals surface area contributed by atoms with Gasteiger partial charge in [0, 0.05) is 0 Å². The summed E-state index contributed by atoms with van der Waals surface area (Å²) < 4.78 is 11.1. The molecule has 24 heavy (non-hydrogen) atoms. The maximum absolute atomic E-state index is 11.9. The van der Waals surface area contributed by atoms with E-state index in [0.717, 1.165) is 5.56 Å². The van der Waals surface area contributed by atoms with E-state index in [9.17, 15) is 9.59 Å². The monoisotopic (exact) mass is 334 g/mol. The molecule has 0 aliphatic rings. The number of rotatable bonds is 9. The van der Waals surface area contributed by atoms with Crippen molar-refractivity contribution in [2.24, 2.45) is 11.3 Å². The summed E-state index contributed by atoms with van der Waals surface area (Å²) in [6.07, 6.45) is 1.04. The van der Waals surface area contributed by atoms with Crippen LogP contribution in [0.2, 0.25) is 0 Å². The molecule has 134 valence electrons. The predicted octanol–water partition coefficient (Wildman–Crippen LogP) is 4.17. The van der Waals surface area contributed by atoms with Crippen LogP contribution in [0.1, 0.15) is 53.0 Å². The fraction of sp³-hybridized carbons (Fsp3) is 0.600. The average Bonchev–Trinajstić information content (AvgIpc) is 2.50. The van der Waals surface area contributed by atoms with Gasteiger partial charge in [0.1, 0.15) is 11.7 Å². The molecule has 0 saturated heterocycles. The Morgan fingerprint density at radius 3 is 2.21 bits per heavy atom. The van der Waals surface area contributed by atoms with Gasteiger partial charge in [0.25, 0.3) is 0 Å². The van der Waals surface area contributed by atoms with Crippen molar-refractivity contribution in [3.8, 4) is 0 Å². The molecule has 1 aromatic carbocycles. The molecule has 0 aliphatic heterocycles. The Bertz CT molecular complexity index is 516. The molecule has 1 aromatic rings. The number of benzene rings is 1. The summed E-state index contributed by atoms with van der Waals surface area (Å²) in [6, 6.07) is 9.99. The zero-order valence-corrected chi connectivity index (χ0v) is 15.5. The first-order valence-corrected chi connectivity index (χ1v) is 8.58. The highest BCUT2D eigenvalue weighted by atomic mass is 16.5. The Hall–Kier alpha value is -1.68. The van der Waals surface area contributed by atoms with Crippen LogP contribution in [0.5, 0.6) is 0 Å². The van der Waals surface area contributed by atoms with Gasteiger partial charge in [-0.3, -0.25) is 9.59 Å². The number of esters is 1. The molecule has 0 spiro atoms. The van der Waals surface area contributed by atoms with Gasteiger partial charge in [-0.25, -0.2) is 0 Å². The van der Waals surface area contributed by atoms with Crippen LogP contribution in [-0.2, 0) is 25.7 Å². The Morgan fingerprint density at radius 2 is 1.71 bits per heavy atom. The summed E-state index contributed by atoms with van der Waals surface area (Å²) in [6.45, 7) is 10.3. The van der Waals surface area contributed by atoms with Crippen LogP contribution in [0, 0.1) is 11.3 Å². The van der Waals surface area contributed by atoms with Crippen LogP contribution >= 0.6 is 0 Å². The zero-order valence-electron chi connectivity index (χ0n) is 15.5. The number of Topliss-reactive ketones (excluding diaryl/α,β-unsaturated/α-hetero) is 1. The van der Waals surface area contributed by atoms with Gasteiger partial charge in [0.2, 0.25) is 0 Å². The van der Waals surface area contributed by atoms with Gasteiger partial charge >= 0.3 is 5.97 Å². The molecule has 0 amide bonds. The Balaban J connectivity index is 2.68. The van der Waals surface area contributed by atoms with E-state index in [2.05, 4.69) is 20.8 Å². The van der Waals surface area contributed by atoms with Crippen LogP contribution in [0.15, 0.2) is 30.3 Å². The number of carbonyl (C=O) groups is 2. The highest BCUT2D eigenvalue weighted by Gasteiger charge is 2.30. The lowest BCUT2D eigenvalue weighted by molar-refractivity contribution is -0.152. The number of ketones is 1. The second-order valence-electron chi connectivity index (χ2n) is 7.14. The van der Waals surface area contributed by atoms with E-state index in [-0.39, 0.29) is 23.9 Å². The average molecular weight is 334 g/mol. The smallest absolute Gasteiger partial charge is 0.316 e. The van der Waals surface area contributed by atoms with Gasteiger partial charge in [0.05, 0.1) is 19.3 Å². The first kappa shape index (κ1) is 20.4. The second kappa shape index (κ2) is 9.58. The lowest BCUT2D eigenvalue weighted by atomic mass is 9.84. The lowest BCUT2D eigenvalue weighted by Gasteiger charge is -2.31. The number of hydrogen-bond acceptors (Lipinski definition) is 4. The van der Waals surface area contributed by atoms with Gasteiger partial charge in [0.15, 0.2) is 0 Å². The van der Waals surface area contributed by atoms with Crippen molar-refractivity contribution in [3.05, 3.63) is 35.9 Å². The fourth-order valence-electron chi connectivity index (χ4n) is 2.59. The third-order valence-electron chi connectivity index (χ3n) is 4.04. The quantitative estimate of drug-likeness (QED) is 0.502. The lowest BCUT2D eigenvalue weighted by Crippen LogP contribution is -2.32. The molecule has 2 atom stereocenters. The molecule has 1 rings (SSSR count). The zero-order chi connectivity index (χ0) is 18.2. The van der Waals surface area contributed by atoms with E-state index >= 15 is 0 Å². The van der Waals surface area contributed by atoms with E-state index in [1.165, 1.54) is 6.92 Å². The predicted molar refractivity (Wildman–Crippen MR) is 94.5 cm³/mol. The van der Waals surface area contributed by atoms with Crippen LogP contribution in [0.3, 0.4) is 0 Å². The third kappa shape index (κ3) is 6.83. The van der Waals surface area contributed by atoms with Crippen LogP contribution in [-0.4, -0.2) is 24.5 Å². The topological polar surface area (TPSA) is 52.6 Å². The van der Waals surface area contributed by atoms with Crippen molar-refractivity contribution in [1.82, 2.24) is 0 Å². The van der Waals surface area contributed by atoms with Gasteiger partial charge in [-0.1, -0.05) is 51.1 Å². The normalized spacial score (nSPS) is 14.0. The fourth-order valence-corrected chi connectivity index (χ4v) is 2.59. The molecular weight excluding hydrogens is 304 g/mol. The Morgan fingerprint density at radius 1 is 1.08 bits per heavy atom. The van der Waals surface area contributed by atoms with E-state index in [0.29, 0.717) is 19.4 Å². The van der Waals surface area contributed by atoms with Gasteiger partial charge in [-0.2, -0.15) is 0 Å². The standard InChI is InChI=1S/C20H30O4/c1-6-23-19(22)17(15(2)21)12-13-18(20(3,4)5)24-14-16-10-8-7-9-11-16/h7-11,17-18H,6,12-14H2,1-5H3. The summed E-state index contributed by atoms with van der Waals surface area (Å²) in [5, 5.41) is 0. The molecule has 2 unspecified atom stereocenters. The second-order valence-corrected chi connectivity index (χ2v) is 7.14. The molecule has 0 heterocycles. The van der Waals surface area contributed by atoms with Crippen molar-refractivity contribution >= 4 is 11.8 Å². The Kier molecular flexibility index (Phi) is 8.13. The van der Waals surface area contributed by atoms with Crippen molar-refractivity contribution in [1.29, 1.82) is 0 Å². The molecule has 0 radical (unpaired) electrons. The first-order chi connectivity index (χ1) is 11.3. The minimum Gasteiger partial charge on any atom is -0.465 e. The minimum absolute atomic E-state index is 0.0472. The molecule has 4 heteroatoms. The minimum atomic E-state index is -0.699. The third-order valence-corrected chi connectivity index (χ3v) is 4.04. The summed E-state index contributed by atoms with van der Waals surface area (Å²) in [5.74, 6) is -1.28. The molecule has 0 bridgehead atoms. The van der Waals surface area contributed by atoms with E-state index in [1.807, 2.05) is 30.3 Å². The summed E-state index contributed by atoms with van der Waals surface area (Å²) in [4.78, 5) is 23.7. The van der Waals surface area contributed by atoms with Crippen molar-refractivity contribution in [3.63, 3.8) is 0 Å². The van der Waals surface area contributed by atoms with Crippen LogP contribution in [0.25, 0.3) is 0 Å². The molecule has 0 fully saturated rings. The van der Waals surface area contributed by atoms with Gasteiger partial charge < -0.3 is 9.47 Å². The maximum Gasteiger partial charge on any atom is 0.316 e. The Labute approximate surface area is 145 Å². The van der Waals surface area contributed by atoms with E-state index in [1.54, 1.807) is 6.92 Å². The molecular formula is C20H30O4.